The van der Waals surface area contributed by atoms with E-state index in [1.165, 1.54) is 31.5 Å². The highest BCUT2D eigenvalue weighted by molar-refractivity contribution is 7.99. The van der Waals surface area contributed by atoms with Crippen LogP contribution in [0.2, 0.25) is 0 Å². The maximum absolute atomic E-state index is 5.99. The van der Waals surface area contributed by atoms with Crippen molar-refractivity contribution in [3.8, 4) is 0 Å². The van der Waals surface area contributed by atoms with E-state index in [-0.39, 0.29) is 0 Å². The number of nitrogens with two attached hydrogens (primary N) is 1. The van der Waals surface area contributed by atoms with Gasteiger partial charge in [0, 0.05) is 22.5 Å². The fraction of sp³-hybridized carbons (Fsp3) is 0.467. The molecule has 4 nitrogen and oxygen atoms in total. The molecule has 0 saturated heterocycles. The summed E-state index contributed by atoms with van der Waals surface area (Å²) in [6.07, 6.45) is 5.07. The molecule has 2 fully saturated rings. The molecule has 0 bridgehead atoms. The third kappa shape index (κ3) is 2.20. The molecule has 2 aromatic rings. The number of benzene rings is 1. The van der Waals surface area contributed by atoms with Crippen molar-refractivity contribution in [3.05, 3.63) is 29.6 Å². The fourth-order valence-corrected chi connectivity index (χ4v) is 3.40. The van der Waals surface area contributed by atoms with Crippen LogP contribution in [0.4, 0.5) is 5.69 Å². The predicted octanol–water partition coefficient (Wildman–Crippen LogP) is 3.53. The number of aromatic nitrogens is 3. The van der Waals surface area contributed by atoms with Crippen molar-refractivity contribution in [3.63, 3.8) is 0 Å². The number of aryl methyl sites for hydroxylation is 1. The lowest BCUT2D eigenvalue weighted by Crippen LogP contribution is -2.01. The summed E-state index contributed by atoms with van der Waals surface area (Å²) in [5, 5.41) is 9.88. The van der Waals surface area contributed by atoms with E-state index in [9.17, 15) is 0 Å². The van der Waals surface area contributed by atoms with E-state index in [2.05, 4.69) is 26.9 Å². The van der Waals surface area contributed by atoms with Crippen LogP contribution in [-0.4, -0.2) is 14.8 Å². The quantitative estimate of drug-likeness (QED) is 0.874. The Morgan fingerprint density at radius 1 is 1.20 bits per heavy atom. The summed E-state index contributed by atoms with van der Waals surface area (Å²) in [4.78, 5) is 1.14. The molecule has 2 aliphatic carbocycles. The zero-order valence-corrected chi connectivity index (χ0v) is 12.4. The molecule has 4 rings (SSSR count). The van der Waals surface area contributed by atoms with Crippen molar-refractivity contribution >= 4 is 17.4 Å². The van der Waals surface area contributed by atoms with E-state index in [0.717, 1.165) is 21.3 Å². The number of nitrogen functional groups attached to an aromatic ring is 1. The average molecular weight is 286 g/mol. The minimum atomic E-state index is 0.630. The Balaban J connectivity index is 1.66. The molecule has 2 N–H and O–H groups in total. The highest BCUT2D eigenvalue weighted by Gasteiger charge is 2.36. The van der Waals surface area contributed by atoms with E-state index < -0.39 is 0 Å². The van der Waals surface area contributed by atoms with Crippen molar-refractivity contribution < 1.29 is 0 Å². The van der Waals surface area contributed by atoms with Crippen LogP contribution in [0, 0.1) is 6.92 Å². The Morgan fingerprint density at radius 3 is 2.65 bits per heavy atom. The first kappa shape index (κ1) is 12.3. The van der Waals surface area contributed by atoms with Crippen LogP contribution in [-0.2, 0) is 0 Å². The highest BCUT2D eigenvalue weighted by Crippen LogP contribution is 2.46. The lowest BCUT2D eigenvalue weighted by molar-refractivity contribution is 0.627. The van der Waals surface area contributed by atoms with Crippen molar-refractivity contribution in [2.24, 2.45) is 0 Å². The van der Waals surface area contributed by atoms with Gasteiger partial charge in [0.1, 0.15) is 5.82 Å². The van der Waals surface area contributed by atoms with Gasteiger partial charge in [-0.05, 0) is 62.1 Å². The van der Waals surface area contributed by atoms with Crippen LogP contribution in [0.15, 0.2) is 28.3 Å². The van der Waals surface area contributed by atoms with Crippen molar-refractivity contribution in [1.29, 1.82) is 0 Å². The van der Waals surface area contributed by atoms with Crippen LogP contribution >= 0.6 is 11.8 Å². The lowest BCUT2D eigenvalue weighted by Gasteiger charge is -2.08. The van der Waals surface area contributed by atoms with Gasteiger partial charge in [-0.3, -0.25) is 0 Å². The summed E-state index contributed by atoms with van der Waals surface area (Å²) >= 11 is 1.68. The second kappa shape index (κ2) is 4.52. The zero-order chi connectivity index (χ0) is 13.7. The van der Waals surface area contributed by atoms with E-state index in [0.29, 0.717) is 12.0 Å². The van der Waals surface area contributed by atoms with E-state index in [1.807, 2.05) is 13.0 Å². The second-order valence-electron chi connectivity index (χ2n) is 5.84. The molecule has 2 aliphatic rings. The van der Waals surface area contributed by atoms with Gasteiger partial charge in [-0.2, -0.15) is 0 Å². The highest BCUT2D eigenvalue weighted by atomic mass is 32.2. The standard InChI is InChI=1S/C15H18N4S/c1-9-2-7-12(8-13(9)16)20-15-18-17-14(10-3-4-10)19(15)11-5-6-11/h2,7-8,10-11H,3-6,16H2,1H3. The summed E-state index contributed by atoms with van der Waals surface area (Å²) in [5.41, 5.74) is 7.96. The molecule has 0 atom stereocenters. The van der Waals surface area contributed by atoms with Crippen LogP contribution in [0.25, 0.3) is 0 Å². The minimum Gasteiger partial charge on any atom is -0.398 e. The number of hydrogen-bond acceptors (Lipinski definition) is 4. The van der Waals surface area contributed by atoms with Crippen LogP contribution < -0.4 is 5.73 Å². The SMILES string of the molecule is Cc1ccc(Sc2nnc(C3CC3)n2C2CC2)cc1N. The van der Waals surface area contributed by atoms with Gasteiger partial charge in [0.05, 0.1) is 0 Å². The van der Waals surface area contributed by atoms with E-state index >= 15 is 0 Å². The van der Waals surface area contributed by atoms with Crippen LogP contribution in [0.3, 0.4) is 0 Å². The number of nitrogens with zero attached hydrogens (tertiary/aromatic N) is 3. The van der Waals surface area contributed by atoms with Gasteiger partial charge in [0.15, 0.2) is 5.16 Å². The van der Waals surface area contributed by atoms with Gasteiger partial charge in [0.25, 0.3) is 0 Å². The molecule has 1 aromatic heterocycles. The van der Waals surface area contributed by atoms with Gasteiger partial charge in [-0.15, -0.1) is 10.2 Å². The molecule has 0 amide bonds. The molecule has 20 heavy (non-hydrogen) atoms. The number of hydrogen-bond donors (Lipinski definition) is 1. The Bertz CT molecular complexity index is 656. The van der Waals surface area contributed by atoms with Gasteiger partial charge < -0.3 is 10.3 Å². The number of rotatable bonds is 4. The smallest absolute Gasteiger partial charge is 0.196 e. The normalized spacial score (nSPS) is 18.4. The molecule has 0 aliphatic heterocycles. The number of anilines is 1. The maximum Gasteiger partial charge on any atom is 0.196 e. The van der Waals surface area contributed by atoms with Gasteiger partial charge >= 0.3 is 0 Å². The monoisotopic (exact) mass is 286 g/mol. The summed E-state index contributed by atoms with van der Waals surface area (Å²) in [6, 6.07) is 6.84. The first-order valence-electron chi connectivity index (χ1n) is 7.21. The summed E-state index contributed by atoms with van der Waals surface area (Å²) in [6.45, 7) is 2.03. The summed E-state index contributed by atoms with van der Waals surface area (Å²) in [5.74, 6) is 1.86. The minimum absolute atomic E-state index is 0.630. The van der Waals surface area contributed by atoms with Crippen LogP contribution in [0.1, 0.15) is 49.0 Å². The van der Waals surface area contributed by atoms with Crippen molar-refractivity contribution in [2.45, 2.75) is 54.6 Å². The Kier molecular flexibility index (Phi) is 2.77. The molecule has 1 aromatic carbocycles. The first-order chi connectivity index (χ1) is 9.72. The molecular formula is C15H18N4S. The van der Waals surface area contributed by atoms with Crippen LogP contribution in [0.5, 0.6) is 0 Å². The molecule has 5 heteroatoms. The van der Waals surface area contributed by atoms with Crippen molar-refractivity contribution in [2.75, 3.05) is 5.73 Å². The topological polar surface area (TPSA) is 56.7 Å². The summed E-state index contributed by atoms with van der Waals surface area (Å²) in [7, 11) is 0. The Morgan fingerprint density at radius 2 is 2.00 bits per heavy atom. The molecule has 0 unspecified atom stereocenters. The van der Waals surface area contributed by atoms with Crippen molar-refractivity contribution in [1.82, 2.24) is 14.8 Å². The Labute approximate surface area is 122 Å². The van der Waals surface area contributed by atoms with Gasteiger partial charge in [-0.25, -0.2) is 0 Å². The third-order valence-corrected chi connectivity index (χ3v) is 4.96. The Hall–Kier alpha value is -1.49. The van der Waals surface area contributed by atoms with Gasteiger partial charge in [-0.1, -0.05) is 6.07 Å². The fourth-order valence-electron chi connectivity index (χ4n) is 2.44. The van der Waals surface area contributed by atoms with Gasteiger partial charge in [0.2, 0.25) is 0 Å². The summed E-state index contributed by atoms with van der Waals surface area (Å²) < 4.78 is 2.37. The molecular weight excluding hydrogens is 268 g/mol. The third-order valence-electron chi connectivity index (χ3n) is 4.01. The van der Waals surface area contributed by atoms with E-state index in [4.69, 9.17) is 5.73 Å². The predicted molar refractivity (Wildman–Crippen MR) is 80.0 cm³/mol. The zero-order valence-electron chi connectivity index (χ0n) is 11.5. The second-order valence-corrected chi connectivity index (χ2v) is 6.88. The van der Waals surface area contributed by atoms with E-state index in [1.54, 1.807) is 11.8 Å². The molecule has 104 valence electrons. The molecule has 1 heterocycles. The first-order valence-corrected chi connectivity index (χ1v) is 8.03. The largest absolute Gasteiger partial charge is 0.398 e. The lowest BCUT2D eigenvalue weighted by atomic mass is 10.2. The maximum atomic E-state index is 5.99. The molecule has 2 saturated carbocycles. The molecule has 0 radical (unpaired) electrons. The molecule has 0 spiro atoms. The average Bonchev–Trinajstić information content (AvgIpc) is 3.33.